The van der Waals surface area contributed by atoms with Gasteiger partial charge in [-0.25, -0.2) is 0 Å². The van der Waals surface area contributed by atoms with E-state index in [1.54, 1.807) is 11.8 Å². The summed E-state index contributed by atoms with van der Waals surface area (Å²) in [6.45, 7) is 9.52. The molecule has 0 radical (unpaired) electrons. The summed E-state index contributed by atoms with van der Waals surface area (Å²) in [5, 5.41) is 12.7. The van der Waals surface area contributed by atoms with E-state index in [-0.39, 0.29) is 30.9 Å². The molecule has 0 saturated carbocycles. The van der Waals surface area contributed by atoms with Crippen LogP contribution >= 0.6 is 0 Å². The molecule has 1 fully saturated rings. The summed E-state index contributed by atoms with van der Waals surface area (Å²) in [5.41, 5.74) is -0.702. The van der Waals surface area contributed by atoms with Gasteiger partial charge in [-0.1, -0.05) is 0 Å². The molecule has 1 aliphatic heterocycles. The second-order valence-electron chi connectivity index (χ2n) is 6.09. The quantitative estimate of drug-likeness (QED) is 0.710. The summed E-state index contributed by atoms with van der Waals surface area (Å²) in [7, 11) is 0. The van der Waals surface area contributed by atoms with Crippen LogP contribution in [0.1, 0.15) is 34.1 Å². The number of aliphatic hydroxyl groups is 1. The molecular formula is C14H27N3O3. The Bertz CT molecular complexity index is 356. The van der Waals surface area contributed by atoms with Gasteiger partial charge >= 0.3 is 0 Å². The van der Waals surface area contributed by atoms with Crippen LogP contribution in [-0.4, -0.2) is 71.1 Å². The number of carbonyl (C=O) groups is 2. The summed E-state index contributed by atoms with van der Waals surface area (Å²) < 4.78 is 0. The smallest absolute Gasteiger partial charge is 0.239 e. The minimum atomic E-state index is -0.702. The van der Waals surface area contributed by atoms with Crippen molar-refractivity contribution < 1.29 is 14.7 Å². The lowest BCUT2D eigenvalue weighted by Gasteiger charge is -2.24. The molecule has 116 valence electrons. The SMILES string of the molecule is CCN(CC(=O)NC(C)C)C(=O)CN1CCC(C)(O)C1. The first-order chi connectivity index (χ1) is 9.23. The maximum atomic E-state index is 12.2. The first-order valence-corrected chi connectivity index (χ1v) is 7.25. The van der Waals surface area contributed by atoms with Crippen LogP contribution in [0, 0.1) is 0 Å². The monoisotopic (exact) mass is 285 g/mol. The van der Waals surface area contributed by atoms with E-state index in [2.05, 4.69) is 5.32 Å². The zero-order valence-corrected chi connectivity index (χ0v) is 13.0. The van der Waals surface area contributed by atoms with Crippen molar-refractivity contribution in [2.24, 2.45) is 0 Å². The molecule has 2 N–H and O–H groups in total. The van der Waals surface area contributed by atoms with E-state index in [0.717, 1.165) is 0 Å². The highest BCUT2D eigenvalue weighted by Gasteiger charge is 2.32. The third-order valence-electron chi connectivity index (χ3n) is 3.41. The van der Waals surface area contributed by atoms with Gasteiger partial charge in [-0.05, 0) is 34.1 Å². The zero-order valence-electron chi connectivity index (χ0n) is 13.0. The summed E-state index contributed by atoms with van der Waals surface area (Å²) in [6.07, 6.45) is 0.681. The Kier molecular flexibility index (Phi) is 5.95. The van der Waals surface area contributed by atoms with Crippen molar-refractivity contribution in [1.29, 1.82) is 0 Å². The predicted molar refractivity (Wildman–Crippen MR) is 77.2 cm³/mol. The largest absolute Gasteiger partial charge is 0.389 e. The number of nitrogens with one attached hydrogen (secondary N) is 1. The molecule has 2 amide bonds. The van der Waals surface area contributed by atoms with Crippen molar-refractivity contribution >= 4 is 11.8 Å². The summed E-state index contributed by atoms with van der Waals surface area (Å²) >= 11 is 0. The fraction of sp³-hybridized carbons (Fsp3) is 0.857. The molecule has 1 heterocycles. The predicted octanol–water partition coefficient (Wildman–Crippen LogP) is -0.184. The molecule has 20 heavy (non-hydrogen) atoms. The first kappa shape index (κ1) is 16.9. The van der Waals surface area contributed by atoms with E-state index < -0.39 is 5.60 Å². The summed E-state index contributed by atoms with van der Waals surface area (Å²) in [6, 6.07) is 0.0741. The summed E-state index contributed by atoms with van der Waals surface area (Å²) in [5.74, 6) is -0.201. The Morgan fingerprint density at radius 3 is 2.55 bits per heavy atom. The Hall–Kier alpha value is -1.14. The van der Waals surface area contributed by atoms with E-state index in [4.69, 9.17) is 0 Å². The third-order valence-corrected chi connectivity index (χ3v) is 3.41. The van der Waals surface area contributed by atoms with Gasteiger partial charge in [-0.3, -0.25) is 14.5 Å². The van der Waals surface area contributed by atoms with Crippen LogP contribution in [0.3, 0.4) is 0 Å². The standard InChI is InChI=1S/C14H27N3O3/c1-5-17(8-12(18)15-11(2)3)13(19)9-16-7-6-14(4,20)10-16/h11,20H,5-10H2,1-4H3,(H,15,18). The van der Waals surface area contributed by atoms with Crippen molar-refractivity contribution in [3.05, 3.63) is 0 Å². The fourth-order valence-electron chi connectivity index (χ4n) is 2.38. The van der Waals surface area contributed by atoms with Crippen molar-refractivity contribution in [2.75, 3.05) is 32.7 Å². The molecule has 0 aromatic rings. The van der Waals surface area contributed by atoms with Crippen LogP contribution in [0.2, 0.25) is 0 Å². The van der Waals surface area contributed by atoms with Gasteiger partial charge < -0.3 is 15.3 Å². The van der Waals surface area contributed by atoms with Gasteiger partial charge in [0, 0.05) is 25.7 Å². The zero-order chi connectivity index (χ0) is 15.3. The van der Waals surface area contributed by atoms with Crippen LogP contribution in [0.4, 0.5) is 0 Å². The number of hydrogen-bond donors (Lipinski definition) is 2. The molecule has 0 aromatic carbocycles. The number of rotatable bonds is 6. The molecule has 6 nitrogen and oxygen atoms in total. The lowest BCUT2D eigenvalue weighted by Crippen LogP contribution is -2.46. The molecule has 0 spiro atoms. The number of amides is 2. The van der Waals surface area contributed by atoms with Crippen molar-refractivity contribution in [3.8, 4) is 0 Å². The van der Waals surface area contributed by atoms with Crippen molar-refractivity contribution in [2.45, 2.75) is 45.8 Å². The van der Waals surface area contributed by atoms with Gasteiger partial charge in [0.25, 0.3) is 0 Å². The van der Waals surface area contributed by atoms with Crippen LogP contribution in [0.5, 0.6) is 0 Å². The minimum absolute atomic E-state index is 0.0656. The van der Waals surface area contributed by atoms with E-state index in [0.29, 0.717) is 26.1 Å². The van der Waals surface area contributed by atoms with Gasteiger partial charge in [-0.15, -0.1) is 0 Å². The Balaban J connectivity index is 2.45. The normalized spacial score (nSPS) is 23.1. The average Bonchev–Trinajstić information content (AvgIpc) is 2.64. The second kappa shape index (κ2) is 7.04. The topological polar surface area (TPSA) is 72.9 Å². The van der Waals surface area contributed by atoms with E-state index in [9.17, 15) is 14.7 Å². The number of hydrogen-bond acceptors (Lipinski definition) is 4. The Labute approximate surface area is 121 Å². The lowest BCUT2D eigenvalue weighted by atomic mass is 10.1. The van der Waals surface area contributed by atoms with Crippen LogP contribution < -0.4 is 5.32 Å². The fourth-order valence-corrected chi connectivity index (χ4v) is 2.38. The summed E-state index contributed by atoms with van der Waals surface area (Å²) in [4.78, 5) is 27.4. The van der Waals surface area contributed by atoms with Gasteiger partial charge in [0.2, 0.25) is 11.8 Å². The van der Waals surface area contributed by atoms with E-state index >= 15 is 0 Å². The van der Waals surface area contributed by atoms with Gasteiger partial charge in [-0.2, -0.15) is 0 Å². The second-order valence-corrected chi connectivity index (χ2v) is 6.09. The number of likely N-dealkylation sites (tertiary alicyclic amines) is 1. The Morgan fingerprint density at radius 2 is 2.10 bits per heavy atom. The molecule has 6 heteroatoms. The van der Waals surface area contributed by atoms with Crippen LogP contribution in [0.15, 0.2) is 0 Å². The highest BCUT2D eigenvalue weighted by atomic mass is 16.3. The molecular weight excluding hydrogens is 258 g/mol. The molecule has 1 saturated heterocycles. The van der Waals surface area contributed by atoms with Gasteiger partial charge in [0.15, 0.2) is 0 Å². The molecule has 0 aliphatic carbocycles. The van der Waals surface area contributed by atoms with E-state index in [1.807, 2.05) is 25.7 Å². The molecule has 1 unspecified atom stereocenters. The number of likely N-dealkylation sites (N-methyl/N-ethyl adjacent to an activating group) is 1. The van der Waals surface area contributed by atoms with Crippen LogP contribution in [0.25, 0.3) is 0 Å². The average molecular weight is 285 g/mol. The molecule has 1 aliphatic rings. The van der Waals surface area contributed by atoms with Crippen molar-refractivity contribution in [3.63, 3.8) is 0 Å². The minimum Gasteiger partial charge on any atom is -0.389 e. The lowest BCUT2D eigenvalue weighted by molar-refractivity contribution is -0.136. The number of β-amino-alcohol motifs (C(OH)–C–C–N with tert-alkyl or cyclic N) is 1. The molecule has 1 rings (SSSR count). The Morgan fingerprint density at radius 1 is 1.45 bits per heavy atom. The first-order valence-electron chi connectivity index (χ1n) is 7.25. The highest BCUT2D eigenvalue weighted by Crippen LogP contribution is 2.19. The maximum Gasteiger partial charge on any atom is 0.239 e. The van der Waals surface area contributed by atoms with Crippen molar-refractivity contribution in [1.82, 2.24) is 15.1 Å². The third kappa shape index (κ3) is 5.46. The van der Waals surface area contributed by atoms with Crippen LogP contribution in [-0.2, 0) is 9.59 Å². The van der Waals surface area contributed by atoms with E-state index in [1.165, 1.54) is 0 Å². The molecule has 0 aromatic heterocycles. The molecule has 1 atom stereocenters. The number of carbonyl (C=O) groups excluding carboxylic acids is 2. The maximum absolute atomic E-state index is 12.2. The highest BCUT2D eigenvalue weighted by molar-refractivity contribution is 5.85. The van der Waals surface area contributed by atoms with Gasteiger partial charge in [0.05, 0.1) is 18.7 Å². The molecule has 0 bridgehead atoms. The van der Waals surface area contributed by atoms with Gasteiger partial charge in [0.1, 0.15) is 0 Å². The number of nitrogens with zero attached hydrogens (tertiary/aromatic N) is 2.